The van der Waals surface area contributed by atoms with E-state index in [0.717, 1.165) is 5.69 Å². The van der Waals surface area contributed by atoms with E-state index in [4.69, 9.17) is 5.11 Å². The number of nitrogens with one attached hydrogen (secondary N) is 1. The van der Waals surface area contributed by atoms with Gasteiger partial charge >= 0.3 is 5.97 Å². The van der Waals surface area contributed by atoms with Gasteiger partial charge in [0.1, 0.15) is 11.9 Å². The Morgan fingerprint density at radius 2 is 2.17 bits per heavy atom. The van der Waals surface area contributed by atoms with Gasteiger partial charge in [0, 0.05) is 6.20 Å². The highest BCUT2D eigenvalue weighted by Crippen LogP contribution is 2.07. The van der Waals surface area contributed by atoms with E-state index < -0.39 is 12.0 Å². The van der Waals surface area contributed by atoms with Gasteiger partial charge in [-0.1, -0.05) is 0 Å². The predicted molar refractivity (Wildman–Crippen MR) is 64.6 cm³/mol. The molecule has 7 heteroatoms. The maximum Gasteiger partial charge on any atom is 0.325 e. The number of hydrogen-bond acceptors (Lipinski definition) is 5. The number of rotatable bonds is 4. The number of aryl methyl sites for hydroxylation is 1. The van der Waals surface area contributed by atoms with Crippen molar-refractivity contribution in [1.82, 2.24) is 20.0 Å². The van der Waals surface area contributed by atoms with E-state index >= 15 is 0 Å². The molecule has 7 nitrogen and oxygen atoms in total. The molecule has 2 aromatic rings. The molecule has 18 heavy (non-hydrogen) atoms. The minimum Gasteiger partial charge on any atom is -0.480 e. The standard InChI is InChI=1S/C11H13N5O2/c1-7-5-6-16(15-7)10-4-3-9(13-14-10)12-8(2)11(17)18/h3-6,8H,1-2H3,(H,12,13)(H,17,18)/t8-/m1/s1. The Hall–Kier alpha value is -2.44. The first-order chi connectivity index (χ1) is 8.56. The number of nitrogens with zero attached hydrogens (tertiary/aromatic N) is 4. The zero-order valence-electron chi connectivity index (χ0n) is 10.0. The monoisotopic (exact) mass is 247 g/mol. The highest BCUT2D eigenvalue weighted by molar-refractivity contribution is 5.76. The SMILES string of the molecule is Cc1ccn(-c2ccc(N[C@H](C)C(=O)O)nn2)n1. The van der Waals surface area contributed by atoms with Gasteiger partial charge in [0.2, 0.25) is 0 Å². The predicted octanol–water partition coefficient (Wildman–Crippen LogP) is 0.856. The third-order valence-electron chi connectivity index (χ3n) is 2.34. The van der Waals surface area contributed by atoms with E-state index in [1.54, 1.807) is 23.0 Å². The largest absolute Gasteiger partial charge is 0.480 e. The summed E-state index contributed by atoms with van der Waals surface area (Å²) in [7, 11) is 0. The topological polar surface area (TPSA) is 92.9 Å². The van der Waals surface area contributed by atoms with Crippen molar-refractivity contribution in [2.45, 2.75) is 19.9 Å². The molecule has 0 unspecified atom stereocenters. The van der Waals surface area contributed by atoms with Crippen molar-refractivity contribution < 1.29 is 9.90 Å². The van der Waals surface area contributed by atoms with Gasteiger partial charge in [-0.15, -0.1) is 10.2 Å². The minimum absolute atomic E-state index is 0.414. The lowest BCUT2D eigenvalue weighted by Crippen LogP contribution is -2.26. The van der Waals surface area contributed by atoms with Gasteiger partial charge in [0.25, 0.3) is 0 Å². The summed E-state index contributed by atoms with van der Waals surface area (Å²) in [6, 6.07) is 4.53. The molecule has 0 aliphatic heterocycles. The summed E-state index contributed by atoms with van der Waals surface area (Å²) >= 11 is 0. The van der Waals surface area contributed by atoms with Crippen molar-refractivity contribution in [3.8, 4) is 5.82 Å². The molecule has 0 radical (unpaired) electrons. The quantitative estimate of drug-likeness (QED) is 0.832. The van der Waals surface area contributed by atoms with Crippen molar-refractivity contribution in [1.29, 1.82) is 0 Å². The fraction of sp³-hybridized carbons (Fsp3) is 0.273. The minimum atomic E-state index is -0.941. The molecule has 0 aromatic carbocycles. The first kappa shape index (κ1) is 12.0. The number of carbonyl (C=O) groups is 1. The molecular formula is C11H13N5O2. The molecule has 1 atom stereocenters. The van der Waals surface area contributed by atoms with Crippen LogP contribution in [0.2, 0.25) is 0 Å². The van der Waals surface area contributed by atoms with Crippen LogP contribution in [0.4, 0.5) is 5.82 Å². The summed E-state index contributed by atoms with van der Waals surface area (Å²) in [6.45, 7) is 3.42. The molecule has 2 heterocycles. The first-order valence-electron chi connectivity index (χ1n) is 5.42. The highest BCUT2D eigenvalue weighted by atomic mass is 16.4. The maximum atomic E-state index is 10.7. The summed E-state index contributed by atoms with van der Waals surface area (Å²) in [4.78, 5) is 10.7. The van der Waals surface area contributed by atoms with Crippen LogP contribution in [-0.4, -0.2) is 37.1 Å². The van der Waals surface area contributed by atoms with Crippen molar-refractivity contribution in [3.05, 3.63) is 30.1 Å². The molecule has 0 aliphatic carbocycles. The van der Waals surface area contributed by atoms with E-state index in [1.807, 2.05) is 13.0 Å². The molecule has 0 aliphatic rings. The Labute approximate surface area is 103 Å². The molecular weight excluding hydrogens is 234 g/mol. The maximum absolute atomic E-state index is 10.7. The number of carboxylic acids is 1. The van der Waals surface area contributed by atoms with Gasteiger partial charge < -0.3 is 10.4 Å². The Morgan fingerprint density at radius 3 is 2.67 bits per heavy atom. The van der Waals surface area contributed by atoms with Crippen LogP contribution in [0.1, 0.15) is 12.6 Å². The molecule has 0 saturated carbocycles. The molecule has 0 fully saturated rings. The lowest BCUT2D eigenvalue weighted by Gasteiger charge is -2.09. The van der Waals surface area contributed by atoms with Gasteiger partial charge in [-0.25, -0.2) is 4.68 Å². The van der Waals surface area contributed by atoms with Gasteiger partial charge in [0.05, 0.1) is 5.69 Å². The Morgan fingerprint density at radius 1 is 1.39 bits per heavy atom. The summed E-state index contributed by atoms with van der Waals surface area (Å²) < 4.78 is 1.60. The van der Waals surface area contributed by atoms with Crippen LogP contribution in [0, 0.1) is 6.92 Å². The average Bonchev–Trinajstić information content (AvgIpc) is 2.76. The van der Waals surface area contributed by atoms with Crippen LogP contribution in [0.5, 0.6) is 0 Å². The fourth-order valence-electron chi connectivity index (χ4n) is 1.35. The Bertz CT molecular complexity index is 549. The number of anilines is 1. The van der Waals surface area contributed by atoms with E-state index in [2.05, 4.69) is 20.6 Å². The summed E-state index contributed by atoms with van der Waals surface area (Å²) in [6.07, 6.45) is 1.78. The summed E-state index contributed by atoms with van der Waals surface area (Å²) in [5, 5.41) is 23.5. The van der Waals surface area contributed by atoms with Gasteiger partial charge in [-0.05, 0) is 32.0 Å². The van der Waals surface area contributed by atoms with Crippen LogP contribution in [0.3, 0.4) is 0 Å². The van der Waals surface area contributed by atoms with Crippen LogP contribution in [-0.2, 0) is 4.79 Å². The number of aliphatic carboxylic acids is 1. The van der Waals surface area contributed by atoms with E-state index in [-0.39, 0.29) is 0 Å². The second kappa shape index (κ2) is 4.82. The normalized spacial score (nSPS) is 12.1. The molecule has 0 spiro atoms. The van der Waals surface area contributed by atoms with Crippen molar-refractivity contribution in [2.24, 2.45) is 0 Å². The van der Waals surface area contributed by atoms with Gasteiger partial charge in [0.15, 0.2) is 5.82 Å². The third kappa shape index (κ3) is 2.62. The fourth-order valence-corrected chi connectivity index (χ4v) is 1.35. The number of carboxylic acid groups (broad SMARTS) is 1. The van der Waals surface area contributed by atoms with Crippen LogP contribution in [0.15, 0.2) is 24.4 Å². The number of aromatic nitrogens is 4. The first-order valence-corrected chi connectivity index (χ1v) is 5.42. The van der Waals surface area contributed by atoms with Gasteiger partial charge in [-0.3, -0.25) is 4.79 Å². The smallest absolute Gasteiger partial charge is 0.325 e. The molecule has 0 bridgehead atoms. The second-order valence-electron chi connectivity index (χ2n) is 3.88. The highest BCUT2D eigenvalue weighted by Gasteiger charge is 2.11. The van der Waals surface area contributed by atoms with E-state index in [0.29, 0.717) is 11.6 Å². The van der Waals surface area contributed by atoms with Crippen LogP contribution in [0.25, 0.3) is 5.82 Å². The molecule has 0 amide bonds. The van der Waals surface area contributed by atoms with Crippen molar-refractivity contribution >= 4 is 11.8 Å². The number of hydrogen-bond donors (Lipinski definition) is 2. The third-order valence-corrected chi connectivity index (χ3v) is 2.34. The van der Waals surface area contributed by atoms with Crippen molar-refractivity contribution in [2.75, 3.05) is 5.32 Å². The van der Waals surface area contributed by atoms with Crippen LogP contribution >= 0.6 is 0 Å². The van der Waals surface area contributed by atoms with Crippen molar-refractivity contribution in [3.63, 3.8) is 0 Å². The Balaban J connectivity index is 2.13. The molecule has 2 aromatic heterocycles. The van der Waals surface area contributed by atoms with E-state index in [1.165, 1.54) is 6.92 Å². The zero-order chi connectivity index (χ0) is 13.1. The van der Waals surface area contributed by atoms with E-state index in [9.17, 15) is 4.79 Å². The molecule has 2 N–H and O–H groups in total. The summed E-state index contributed by atoms with van der Waals surface area (Å²) in [5.74, 6) is 0.0535. The lowest BCUT2D eigenvalue weighted by atomic mass is 10.3. The Kier molecular flexibility index (Phi) is 3.22. The zero-order valence-corrected chi connectivity index (χ0v) is 10.0. The second-order valence-corrected chi connectivity index (χ2v) is 3.88. The lowest BCUT2D eigenvalue weighted by molar-refractivity contribution is -0.137. The molecule has 0 saturated heterocycles. The van der Waals surface area contributed by atoms with Gasteiger partial charge in [-0.2, -0.15) is 5.10 Å². The molecule has 2 rings (SSSR count). The average molecular weight is 247 g/mol. The van der Waals surface area contributed by atoms with Crippen LogP contribution < -0.4 is 5.32 Å². The molecule has 94 valence electrons. The summed E-state index contributed by atoms with van der Waals surface area (Å²) in [5.41, 5.74) is 0.888.